The minimum atomic E-state index is -4.14. The molecule has 0 fully saturated rings. The van der Waals surface area contributed by atoms with Gasteiger partial charge >= 0.3 is 0 Å². The Morgan fingerprint density at radius 3 is 2.36 bits per heavy atom. The van der Waals surface area contributed by atoms with E-state index in [2.05, 4.69) is 5.32 Å². The number of hydrogen-bond acceptors (Lipinski definition) is 3. The van der Waals surface area contributed by atoms with Crippen LogP contribution >= 0.6 is 0 Å². The van der Waals surface area contributed by atoms with E-state index in [1.165, 1.54) is 6.92 Å². The SMILES string of the molecule is CCC(C)C(=O)NC(C)[CH-]S(=O)(=O)O. The molecule has 6 heteroatoms. The summed E-state index contributed by atoms with van der Waals surface area (Å²) in [5.74, 6) is 0.306. The van der Waals surface area contributed by atoms with Gasteiger partial charge < -0.3 is 9.87 Å². The molecule has 2 unspecified atom stereocenters. The highest BCUT2D eigenvalue weighted by Crippen LogP contribution is 2.03. The van der Waals surface area contributed by atoms with Crippen molar-refractivity contribution in [2.75, 3.05) is 0 Å². The van der Waals surface area contributed by atoms with Gasteiger partial charge in [-0.3, -0.25) is 4.79 Å². The molecule has 84 valence electrons. The summed E-state index contributed by atoms with van der Waals surface area (Å²) in [7, 11) is -4.14. The third kappa shape index (κ3) is 5.93. The van der Waals surface area contributed by atoms with Gasteiger partial charge in [0.2, 0.25) is 5.91 Å². The monoisotopic (exact) mass is 222 g/mol. The molecular weight excluding hydrogens is 206 g/mol. The summed E-state index contributed by atoms with van der Waals surface area (Å²) in [6.07, 6.45) is 0.685. The molecule has 0 heterocycles. The number of rotatable bonds is 5. The molecule has 0 bridgehead atoms. The van der Waals surface area contributed by atoms with Gasteiger partial charge in [0.05, 0.1) is 0 Å². The van der Waals surface area contributed by atoms with Crippen LogP contribution in [0.2, 0.25) is 0 Å². The Labute approximate surface area is 84.6 Å². The van der Waals surface area contributed by atoms with Gasteiger partial charge in [-0.05, 0) is 6.42 Å². The fraction of sp³-hybridized carbons (Fsp3) is 0.750. The molecular formula is C8H16NO4S-. The smallest absolute Gasteiger partial charge is 0.220 e. The summed E-state index contributed by atoms with van der Waals surface area (Å²) in [4.78, 5) is 11.3. The van der Waals surface area contributed by atoms with Crippen molar-refractivity contribution in [2.45, 2.75) is 33.2 Å². The zero-order valence-corrected chi connectivity index (χ0v) is 9.34. The van der Waals surface area contributed by atoms with E-state index in [9.17, 15) is 13.2 Å². The van der Waals surface area contributed by atoms with E-state index in [4.69, 9.17) is 4.55 Å². The van der Waals surface area contributed by atoms with E-state index in [1.807, 2.05) is 6.92 Å². The molecule has 1 amide bonds. The normalized spacial score (nSPS) is 16.0. The Kier molecular flexibility index (Phi) is 5.07. The van der Waals surface area contributed by atoms with Crippen LogP contribution in [0.15, 0.2) is 0 Å². The second kappa shape index (κ2) is 5.31. The highest BCUT2D eigenvalue weighted by Gasteiger charge is 2.11. The van der Waals surface area contributed by atoms with Gasteiger partial charge in [0.15, 0.2) is 0 Å². The zero-order valence-electron chi connectivity index (χ0n) is 8.52. The minimum absolute atomic E-state index is 0.160. The molecule has 0 aromatic rings. The van der Waals surface area contributed by atoms with Gasteiger partial charge in [0.25, 0.3) is 0 Å². The van der Waals surface area contributed by atoms with Crippen molar-refractivity contribution >= 4 is 16.0 Å². The predicted molar refractivity (Wildman–Crippen MR) is 52.9 cm³/mol. The topological polar surface area (TPSA) is 83.5 Å². The summed E-state index contributed by atoms with van der Waals surface area (Å²) >= 11 is 0. The Morgan fingerprint density at radius 2 is 2.00 bits per heavy atom. The van der Waals surface area contributed by atoms with E-state index >= 15 is 0 Å². The van der Waals surface area contributed by atoms with Crippen molar-refractivity contribution in [3.05, 3.63) is 5.75 Å². The molecule has 0 saturated carbocycles. The molecule has 2 atom stereocenters. The Hall–Kier alpha value is -0.620. The average molecular weight is 222 g/mol. The first kappa shape index (κ1) is 13.4. The fourth-order valence-corrected chi connectivity index (χ4v) is 1.43. The lowest BCUT2D eigenvalue weighted by atomic mass is 10.1. The van der Waals surface area contributed by atoms with Crippen molar-refractivity contribution in [2.24, 2.45) is 5.92 Å². The Morgan fingerprint density at radius 1 is 1.50 bits per heavy atom. The molecule has 0 aliphatic heterocycles. The lowest BCUT2D eigenvalue weighted by molar-refractivity contribution is -0.124. The molecule has 2 N–H and O–H groups in total. The van der Waals surface area contributed by atoms with Crippen LogP contribution in [-0.2, 0) is 14.9 Å². The highest BCUT2D eigenvalue weighted by atomic mass is 32.2. The number of nitrogens with one attached hydrogen (secondary N) is 1. The van der Waals surface area contributed by atoms with Gasteiger partial charge in [-0.2, -0.15) is 5.75 Å². The highest BCUT2D eigenvalue weighted by molar-refractivity contribution is 7.87. The van der Waals surface area contributed by atoms with Crippen LogP contribution in [0.1, 0.15) is 27.2 Å². The van der Waals surface area contributed by atoms with Crippen molar-refractivity contribution in [3.63, 3.8) is 0 Å². The van der Waals surface area contributed by atoms with E-state index in [1.54, 1.807) is 6.92 Å². The minimum Gasteiger partial charge on any atom is -0.382 e. The quantitative estimate of drug-likeness (QED) is 0.526. The largest absolute Gasteiger partial charge is 0.382 e. The van der Waals surface area contributed by atoms with Crippen LogP contribution in [0.3, 0.4) is 0 Å². The van der Waals surface area contributed by atoms with Crippen LogP contribution in [0.5, 0.6) is 0 Å². The molecule has 14 heavy (non-hydrogen) atoms. The van der Waals surface area contributed by atoms with Crippen molar-refractivity contribution in [1.29, 1.82) is 0 Å². The standard InChI is InChI=1S/C8H16NO4S/c1-4-6(2)8(10)9-7(3)5-14(11,12)13/h5-7H,4H2,1-3H3,(H,9,10)(H,11,12,13)/q-1. The zero-order chi connectivity index (χ0) is 11.4. The van der Waals surface area contributed by atoms with Gasteiger partial charge in [-0.1, -0.05) is 26.8 Å². The van der Waals surface area contributed by atoms with E-state index in [0.29, 0.717) is 12.2 Å². The third-order valence-electron chi connectivity index (χ3n) is 1.81. The van der Waals surface area contributed by atoms with E-state index in [0.717, 1.165) is 0 Å². The van der Waals surface area contributed by atoms with Crippen LogP contribution in [-0.4, -0.2) is 24.9 Å². The fourth-order valence-electron chi connectivity index (χ4n) is 0.844. The van der Waals surface area contributed by atoms with Gasteiger partial charge in [-0.15, -0.1) is 0 Å². The maximum absolute atomic E-state index is 11.3. The van der Waals surface area contributed by atoms with E-state index in [-0.39, 0.29) is 11.8 Å². The van der Waals surface area contributed by atoms with Crippen molar-refractivity contribution in [1.82, 2.24) is 5.32 Å². The molecule has 0 aliphatic rings. The number of carbonyl (C=O) groups excluding carboxylic acids is 1. The summed E-state index contributed by atoms with van der Waals surface area (Å²) in [6, 6.07) is -0.688. The second-order valence-electron chi connectivity index (χ2n) is 3.26. The summed E-state index contributed by atoms with van der Waals surface area (Å²) < 4.78 is 29.3. The Balaban J connectivity index is 4.07. The predicted octanol–water partition coefficient (Wildman–Crippen LogP) is 0.587. The molecule has 5 nitrogen and oxygen atoms in total. The summed E-state index contributed by atoms with van der Waals surface area (Å²) in [6.45, 7) is 5.09. The maximum Gasteiger partial charge on any atom is 0.220 e. The van der Waals surface area contributed by atoms with Gasteiger partial charge in [0.1, 0.15) is 10.1 Å². The first-order chi connectivity index (χ1) is 6.26. The summed E-state index contributed by atoms with van der Waals surface area (Å²) in [5.41, 5.74) is 0. The lowest BCUT2D eigenvalue weighted by Crippen LogP contribution is -2.37. The lowest BCUT2D eigenvalue weighted by Gasteiger charge is -2.22. The molecule has 0 saturated heterocycles. The average Bonchev–Trinajstić information content (AvgIpc) is 1.99. The summed E-state index contributed by atoms with van der Waals surface area (Å²) in [5, 5.41) is 2.45. The van der Waals surface area contributed by atoms with Crippen LogP contribution in [0.25, 0.3) is 0 Å². The number of hydrogen-bond donors (Lipinski definition) is 2. The molecule has 0 aromatic heterocycles. The van der Waals surface area contributed by atoms with Gasteiger partial charge in [-0.25, -0.2) is 8.42 Å². The molecule has 0 aliphatic carbocycles. The first-order valence-corrected chi connectivity index (χ1v) is 5.89. The molecule has 0 aromatic carbocycles. The molecule has 0 spiro atoms. The van der Waals surface area contributed by atoms with Crippen LogP contribution < -0.4 is 5.32 Å². The first-order valence-electron chi connectivity index (χ1n) is 4.39. The van der Waals surface area contributed by atoms with Crippen LogP contribution in [0.4, 0.5) is 0 Å². The number of carbonyl (C=O) groups is 1. The van der Waals surface area contributed by atoms with Gasteiger partial charge in [0, 0.05) is 5.92 Å². The van der Waals surface area contributed by atoms with Crippen LogP contribution in [0, 0.1) is 11.7 Å². The van der Waals surface area contributed by atoms with E-state index < -0.39 is 16.2 Å². The molecule has 0 radical (unpaired) electrons. The Bertz CT molecular complexity index is 286. The molecule has 0 rings (SSSR count). The second-order valence-corrected chi connectivity index (χ2v) is 4.56. The third-order valence-corrected chi connectivity index (χ3v) is 2.56. The maximum atomic E-state index is 11.3. The van der Waals surface area contributed by atoms with Crippen molar-refractivity contribution in [3.8, 4) is 0 Å². The number of amides is 1. The van der Waals surface area contributed by atoms with Crippen molar-refractivity contribution < 1.29 is 17.8 Å².